The Morgan fingerprint density at radius 3 is 2.33 bits per heavy atom. The average molecular weight is 269 g/mol. The summed E-state index contributed by atoms with van der Waals surface area (Å²) in [7, 11) is 4.16. The maximum absolute atomic E-state index is 4.36. The van der Waals surface area contributed by atoms with Crippen molar-refractivity contribution in [1.29, 1.82) is 0 Å². The maximum Gasteiger partial charge on any atom is 0.131 e. The smallest absolute Gasteiger partial charge is 0.131 e. The third kappa shape index (κ3) is 6.07. The SMILES string of the molecule is Cc1nc(NCCS)cc(NCCCN(C)C)n1. The number of hydrogen-bond donors (Lipinski definition) is 3. The predicted molar refractivity (Wildman–Crippen MR) is 80.8 cm³/mol. The van der Waals surface area contributed by atoms with Crippen molar-refractivity contribution in [2.45, 2.75) is 13.3 Å². The van der Waals surface area contributed by atoms with Crippen LogP contribution in [0.15, 0.2) is 6.07 Å². The number of nitrogens with zero attached hydrogens (tertiary/aromatic N) is 3. The second kappa shape index (κ2) is 8.16. The molecule has 0 aliphatic carbocycles. The van der Waals surface area contributed by atoms with Crippen LogP contribution in [0.3, 0.4) is 0 Å². The van der Waals surface area contributed by atoms with Gasteiger partial charge in [-0.2, -0.15) is 12.6 Å². The van der Waals surface area contributed by atoms with Gasteiger partial charge < -0.3 is 15.5 Å². The van der Waals surface area contributed by atoms with Gasteiger partial charge in [0.1, 0.15) is 17.5 Å². The molecule has 0 fully saturated rings. The molecule has 1 rings (SSSR count). The van der Waals surface area contributed by atoms with Gasteiger partial charge in [0.25, 0.3) is 0 Å². The van der Waals surface area contributed by atoms with Gasteiger partial charge >= 0.3 is 0 Å². The van der Waals surface area contributed by atoms with Crippen molar-refractivity contribution < 1.29 is 0 Å². The van der Waals surface area contributed by atoms with Gasteiger partial charge in [-0.25, -0.2) is 9.97 Å². The van der Waals surface area contributed by atoms with Crippen LogP contribution in [0.4, 0.5) is 11.6 Å². The normalized spacial score (nSPS) is 10.7. The second-order valence-electron chi connectivity index (χ2n) is 4.42. The summed E-state index contributed by atoms with van der Waals surface area (Å²) in [5.41, 5.74) is 0. The van der Waals surface area contributed by atoms with E-state index in [-0.39, 0.29) is 0 Å². The molecule has 0 saturated heterocycles. The molecular weight excluding hydrogens is 246 g/mol. The number of hydrogen-bond acceptors (Lipinski definition) is 6. The van der Waals surface area contributed by atoms with Crippen molar-refractivity contribution in [1.82, 2.24) is 14.9 Å². The van der Waals surface area contributed by atoms with Gasteiger partial charge in [0.05, 0.1) is 0 Å². The summed E-state index contributed by atoms with van der Waals surface area (Å²) in [5, 5.41) is 6.53. The molecule has 0 aliphatic rings. The van der Waals surface area contributed by atoms with Crippen LogP contribution >= 0.6 is 12.6 Å². The minimum absolute atomic E-state index is 0.772. The van der Waals surface area contributed by atoms with E-state index in [1.807, 2.05) is 13.0 Å². The first-order valence-electron chi connectivity index (χ1n) is 6.21. The summed E-state index contributed by atoms with van der Waals surface area (Å²) >= 11 is 4.16. The first-order valence-corrected chi connectivity index (χ1v) is 6.84. The lowest BCUT2D eigenvalue weighted by atomic mass is 10.4. The fourth-order valence-electron chi connectivity index (χ4n) is 1.54. The van der Waals surface area contributed by atoms with Crippen LogP contribution in [0, 0.1) is 6.92 Å². The van der Waals surface area contributed by atoms with Gasteiger partial charge in [-0.15, -0.1) is 0 Å². The Bertz CT molecular complexity index is 356. The Balaban J connectivity index is 2.46. The van der Waals surface area contributed by atoms with Crippen molar-refractivity contribution in [3.63, 3.8) is 0 Å². The number of aryl methyl sites for hydroxylation is 1. The summed E-state index contributed by atoms with van der Waals surface area (Å²) < 4.78 is 0. The first kappa shape index (κ1) is 15.0. The highest BCUT2D eigenvalue weighted by molar-refractivity contribution is 7.80. The van der Waals surface area contributed by atoms with Crippen LogP contribution in [0.25, 0.3) is 0 Å². The Kier molecular flexibility index (Phi) is 6.82. The Hall–Kier alpha value is -1.01. The molecule has 0 aliphatic heterocycles. The fraction of sp³-hybridized carbons (Fsp3) is 0.667. The van der Waals surface area contributed by atoms with Gasteiger partial charge in [0, 0.05) is 24.9 Å². The Morgan fingerprint density at radius 1 is 1.17 bits per heavy atom. The largest absolute Gasteiger partial charge is 0.370 e. The number of thiol groups is 1. The van der Waals surface area contributed by atoms with E-state index in [2.05, 4.69) is 52.2 Å². The van der Waals surface area contributed by atoms with E-state index in [9.17, 15) is 0 Å². The highest BCUT2D eigenvalue weighted by atomic mass is 32.1. The second-order valence-corrected chi connectivity index (χ2v) is 4.87. The average Bonchev–Trinajstić information content (AvgIpc) is 2.31. The van der Waals surface area contributed by atoms with Gasteiger partial charge in [0.2, 0.25) is 0 Å². The fourth-order valence-corrected chi connectivity index (χ4v) is 1.66. The van der Waals surface area contributed by atoms with Crippen LogP contribution in [0.5, 0.6) is 0 Å². The van der Waals surface area contributed by atoms with Crippen molar-refractivity contribution >= 4 is 24.3 Å². The first-order chi connectivity index (χ1) is 8.61. The summed E-state index contributed by atoms with van der Waals surface area (Å²) in [6.07, 6.45) is 1.09. The number of rotatable bonds is 8. The van der Waals surface area contributed by atoms with Crippen LogP contribution in [0.2, 0.25) is 0 Å². The van der Waals surface area contributed by atoms with E-state index in [4.69, 9.17) is 0 Å². The van der Waals surface area contributed by atoms with Crippen LogP contribution in [0.1, 0.15) is 12.2 Å². The number of nitrogens with one attached hydrogen (secondary N) is 2. The molecular formula is C12H23N5S. The number of aromatic nitrogens is 2. The predicted octanol–water partition coefficient (Wildman–Crippen LogP) is 1.49. The van der Waals surface area contributed by atoms with E-state index in [0.29, 0.717) is 0 Å². The van der Waals surface area contributed by atoms with Gasteiger partial charge in [-0.05, 0) is 34.0 Å². The molecule has 102 valence electrons. The molecule has 0 unspecified atom stereocenters. The molecule has 6 heteroatoms. The van der Waals surface area contributed by atoms with Gasteiger partial charge in [-0.1, -0.05) is 0 Å². The lowest BCUT2D eigenvalue weighted by Gasteiger charge is -2.11. The van der Waals surface area contributed by atoms with Crippen LogP contribution in [-0.2, 0) is 0 Å². The summed E-state index contributed by atoms with van der Waals surface area (Å²) in [6.45, 7) is 4.69. The standard InChI is InChI=1S/C12H23N5S/c1-10-15-11(13-5-4-7-17(2)3)9-12(16-10)14-6-8-18/h9,18H,4-8H2,1-3H3,(H2,13,14,15,16). The summed E-state index contributed by atoms with van der Waals surface area (Å²) in [4.78, 5) is 10.9. The Labute approximate surface area is 115 Å². The van der Waals surface area contributed by atoms with E-state index in [1.165, 1.54) is 0 Å². The van der Waals surface area contributed by atoms with Gasteiger partial charge in [0.15, 0.2) is 0 Å². The molecule has 5 nitrogen and oxygen atoms in total. The molecule has 0 radical (unpaired) electrons. The summed E-state index contributed by atoms with van der Waals surface area (Å²) in [5.74, 6) is 3.29. The monoisotopic (exact) mass is 269 g/mol. The molecule has 0 atom stereocenters. The highest BCUT2D eigenvalue weighted by Crippen LogP contribution is 2.10. The Morgan fingerprint density at radius 2 is 1.78 bits per heavy atom. The van der Waals surface area contributed by atoms with Crippen LogP contribution in [-0.4, -0.2) is 54.4 Å². The third-order valence-corrected chi connectivity index (χ3v) is 2.57. The molecule has 0 bridgehead atoms. The molecule has 0 saturated carbocycles. The lowest BCUT2D eigenvalue weighted by molar-refractivity contribution is 0.405. The molecule has 0 aromatic carbocycles. The quantitative estimate of drug-likeness (QED) is 0.493. The highest BCUT2D eigenvalue weighted by Gasteiger charge is 2.01. The molecule has 1 heterocycles. The van der Waals surface area contributed by atoms with Crippen molar-refractivity contribution in [2.75, 3.05) is 50.1 Å². The van der Waals surface area contributed by atoms with Crippen molar-refractivity contribution in [3.8, 4) is 0 Å². The third-order valence-electron chi connectivity index (χ3n) is 2.34. The van der Waals surface area contributed by atoms with E-state index < -0.39 is 0 Å². The van der Waals surface area contributed by atoms with Gasteiger partial charge in [-0.3, -0.25) is 0 Å². The molecule has 18 heavy (non-hydrogen) atoms. The van der Waals surface area contributed by atoms with E-state index in [0.717, 1.165) is 49.3 Å². The van der Waals surface area contributed by atoms with Crippen molar-refractivity contribution in [3.05, 3.63) is 11.9 Å². The maximum atomic E-state index is 4.36. The van der Waals surface area contributed by atoms with Crippen molar-refractivity contribution in [2.24, 2.45) is 0 Å². The zero-order valence-corrected chi connectivity index (χ0v) is 12.3. The van der Waals surface area contributed by atoms with Crippen LogP contribution < -0.4 is 10.6 Å². The molecule has 1 aromatic heterocycles. The molecule has 0 spiro atoms. The molecule has 0 amide bonds. The molecule has 1 aromatic rings. The van der Waals surface area contributed by atoms with E-state index in [1.54, 1.807) is 0 Å². The molecule has 2 N–H and O–H groups in total. The lowest BCUT2D eigenvalue weighted by Crippen LogP contribution is -2.17. The zero-order chi connectivity index (χ0) is 13.4. The minimum atomic E-state index is 0.772. The number of anilines is 2. The topological polar surface area (TPSA) is 53.1 Å². The minimum Gasteiger partial charge on any atom is -0.370 e. The summed E-state index contributed by atoms with van der Waals surface area (Å²) in [6, 6.07) is 1.94. The zero-order valence-electron chi connectivity index (χ0n) is 11.4. The van der Waals surface area contributed by atoms with E-state index >= 15 is 0 Å².